The molecule has 0 saturated heterocycles. The Morgan fingerprint density at radius 1 is 0.694 bits per heavy atom. The molecule has 2 heterocycles. The number of benzene rings is 3. The lowest BCUT2D eigenvalue weighted by molar-refractivity contribution is 0.101. The predicted octanol–water partition coefficient (Wildman–Crippen LogP) is 2.39. The number of rotatable bonds is 6. The Morgan fingerprint density at radius 3 is 2.00 bits per heavy atom. The highest BCUT2D eigenvalue weighted by atomic mass is 32.2. The molecule has 0 aliphatic rings. The highest BCUT2D eigenvalue weighted by molar-refractivity contribution is 7.86. The van der Waals surface area contributed by atoms with Gasteiger partial charge in [-0.05, 0) is 42.5 Å². The minimum atomic E-state index is -4.96. The summed E-state index contributed by atoms with van der Waals surface area (Å²) in [6.07, 6.45) is 0. The molecule has 4 N–H and O–H groups in total. The zero-order valence-electron chi connectivity index (χ0n) is 17.8. The molecule has 0 atom stereocenters. The van der Waals surface area contributed by atoms with Gasteiger partial charge >= 0.3 is 0 Å². The van der Waals surface area contributed by atoms with Crippen LogP contribution in [-0.4, -0.2) is 57.4 Å². The third-order valence-electron chi connectivity index (χ3n) is 5.34. The van der Waals surface area contributed by atoms with Crippen molar-refractivity contribution >= 4 is 53.9 Å². The highest BCUT2D eigenvalue weighted by Gasteiger charge is 2.26. The molecule has 0 aliphatic carbocycles. The number of hydrogen-bond acceptors (Lipinski definition) is 8. The third kappa shape index (κ3) is 4.18. The number of aromatic nitrogens is 4. The van der Waals surface area contributed by atoms with Crippen molar-refractivity contribution in [3.63, 3.8) is 0 Å². The Balaban J connectivity index is 1.57. The molecule has 36 heavy (non-hydrogen) atoms. The van der Waals surface area contributed by atoms with Crippen LogP contribution in [-0.2, 0) is 20.2 Å². The first-order valence-corrected chi connectivity index (χ1v) is 12.9. The summed E-state index contributed by atoms with van der Waals surface area (Å²) in [6, 6.07) is 13.3. The van der Waals surface area contributed by atoms with Gasteiger partial charge in [-0.2, -0.15) is 16.8 Å². The maximum absolute atomic E-state index is 13.1. The van der Waals surface area contributed by atoms with Crippen LogP contribution < -0.4 is 0 Å². The summed E-state index contributed by atoms with van der Waals surface area (Å²) in [6.45, 7) is 0. The number of nitrogens with one attached hydrogen (secondary N) is 2. The fraction of sp³-hybridized carbons (Fsp3) is 0. The lowest BCUT2D eigenvalue weighted by Crippen LogP contribution is -2.13. The smallest absolute Gasteiger partial charge is 0.295 e. The highest BCUT2D eigenvalue weighted by Crippen LogP contribution is 2.24. The quantitative estimate of drug-likeness (QED) is 0.188. The molecule has 0 fully saturated rings. The van der Waals surface area contributed by atoms with E-state index < -0.39 is 47.2 Å². The van der Waals surface area contributed by atoms with Gasteiger partial charge in [-0.25, -0.2) is 9.97 Å². The summed E-state index contributed by atoms with van der Waals surface area (Å²) in [4.78, 5) is 38.4. The van der Waals surface area contributed by atoms with Crippen LogP contribution >= 0.6 is 0 Å². The van der Waals surface area contributed by atoms with Crippen molar-refractivity contribution in [1.82, 2.24) is 19.9 Å². The maximum Gasteiger partial charge on any atom is 0.295 e. The Bertz CT molecular complexity index is 1910. The second-order valence-corrected chi connectivity index (χ2v) is 10.5. The molecule has 0 amide bonds. The number of aromatic amines is 2. The second kappa shape index (κ2) is 8.17. The molecule has 14 heteroatoms. The van der Waals surface area contributed by atoms with Gasteiger partial charge in [0.25, 0.3) is 20.2 Å². The Kier molecular flexibility index (Phi) is 5.33. The topological polar surface area (TPSA) is 200 Å². The van der Waals surface area contributed by atoms with Gasteiger partial charge in [0.05, 0.1) is 27.0 Å². The van der Waals surface area contributed by atoms with Gasteiger partial charge in [0, 0.05) is 11.1 Å². The molecule has 0 aliphatic heterocycles. The van der Waals surface area contributed by atoms with E-state index in [0.717, 1.165) is 24.3 Å². The number of hydrogen-bond donors (Lipinski definition) is 4. The van der Waals surface area contributed by atoms with E-state index >= 15 is 0 Å². The molecule has 5 aromatic rings. The average molecular weight is 527 g/mol. The van der Waals surface area contributed by atoms with Gasteiger partial charge in [-0.3, -0.25) is 18.7 Å². The minimum Gasteiger partial charge on any atom is -0.335 e. The first kappa shape index (κ1) is 23.5. The Labute approximate surface area is 202 Å². The number of H-pyrrole nitrogens is 2. The van der Waals surface area contributed by atoms with Crippen LogP contribution in [0, 0.1) is 0 Å². The molecule has 3 aromatic carbocycles. The van der Waals surface area contributed by atoms with E-state index in [2.05, 4.69) is 19.9 Å². The fourth-order valence-electron chi connectivity index (χ4n) is 3.65. The normalized spacial score (nSPS) is 12.3. The second-order valence-electron chi connectivity index (χ2n) is 7.69. The van der Waals surface area contributed by atoms with E-state index in [1.54, 1.807) is 24.3 Å². The molecule has 0 radical (unpaired) electrons. The molecule has 2 aromatic heterocycles. The van der Waals surface area contributed by atoms with Crippen molar-refractivity contribution in [1.29, 1.82) is 0 Å². The summed E-state index contributed by atoms with van der Waals surface area (Å²) in [5, 5.41) is 0. The van der Waals surface area contributed by atoms with E-state index in [1.807, 2.05) is 0 Å². The van der Waals surface area contributed by atoms with Gasteiger partial charge in [0.15, 0.2) is 11.6 Å². The molecular weight excluding hydrogens is 512 g/mol. The van der Waals surface area contributed by atoms with Crippen LogP contribution in [0.5, 0.6) is 0 Å². The summed E-state index contributed by atoms with van der Waals surface area (Å²) in [7, 11) is -9.48. The van der Waals surface area contributed by atoms with Crippen LogP contribution in [0.4, 0.5) is 0 Å². The number of fused-ring (bicyclic) bond motifs is 2. The standard InChI is InChI=1S/C22H14N4O8S2/c27-19(21-23-14-3-1-2-4-15(14)24-21)11-5-7-13(18(9-11)36(32,33)34)20(28)22-25-16-8-6-12(35(29,30)31)10-17(16)26-22/h1-10H,(H,23,24)(H,25,26)(H,29,30,31)(H,32,33,34). The minimum absolute atomic E-state index is 0.0662. The monoisotopic (exact) mass is 526 g/mol. The van der Waals surface area contributed by atoms with Crippen LogP contribution in [0.25, 0.3) is 22.1 Å². The maximum atomic E-state index is 13.1. The van der Waals surface area contributed by atoms with E-state index in [1.165, 1.54) is 12.1 Å². The number of carbonyl (C=O) groups is 2. The number of imidazole rings is 2. The molecule has 5 rings (SSSR count). The van der Waals surface area contributed by atoms with Gasteiger partial charge < -0.3 is 9.97 Å². The number of carbonyl (C=O) groups excluding carboxylic acids is 2. The molecule has 12 nitrogen and oxygen atoms in total. The summed E-state index contributed by atoms with van der Waals surface area (Å²) in [5.41, 5.74) is 0.720. The van der Waals surface area contributed by atoms with Crippen molar-refractivity contribution < 1.29 is 35.5 Å². The SMILES string of the molecule is O=C(c1ccc(C(=O)c2nc3ccc(S(=O)(=O)O)cc3[nH]2)c(S(=O)(=O)O)c1)c1nc2ccccc2[nH]1. The third-order valence-corrected chi connectivity index (χ3v) is 7.08. The van der Waals surface area contributed by atoms with Gasteiger partial charge in [0.1, 0.15) is 4.90 Å². The zero-order chi connectivity index (χ0) is 25.8. The molecule has 0 spiro atoms. The number of ketones is 2. The summed E-state index contributed by atoms with van der Waals surface area (Å²) < 4.78 is 65.9. The van der Waals surface area contributed by atoms with Gasteiger partial charge in [-0.15, -0.1) is 0 Å². The van der Waals surface area contributed by atoms with E-state index in [4.69, 9.17) is 0 Å². The number of nitrogens with zero attached hydrogens (tertiary/aromatic N) is 2. The van der Waals surface area contributed by atoms with Crippen molar-refractivity contribution in [3.05, 3.63) is 83.4 Å². The van der Waals surface area contributed by atoms with Crippen molar-refractivity contribution in [2.24, 2.45) is 0 Å². The first-order chi connectivity index (χ1) is 16.9. The molecule has 0 unspecified atom stereocenters. The average Bonchev–Trinajstić information content (AvgIpc) is 3.45. The van der Waals surface area contributed by atoms with E-state index in [0.29, 0.717) is 11.0 Å². The fourth-order valence-corrected chi connectivity index (χ4v) is 4.87. The number of para-hydroxylation sites is 2. The van der Waals surface area contributed by atoms with Crippen LogP contribution in [0.1, 0.15) is 32.4 Å². The lowest BCUT2D eigenvalue weighted by atomic mass is 10.0. The summed E-state index contributed by atoms with van der Waals surface area (Å²) >= 11 is 0. The molecule has 0 bridgehead atoms. The first-order valence-electron chi connectivity index (χ1n) is 10.0. The van der Waals surface area contributed by atoms with Gasteiger partial charge in [-0.1, -0.05) is 18.2 Å². The summed E-state index contributed by atoms with van der Waals surface area (Å²) in [5.74, 6) is -2.05. The van der Waals surface area contributed by atoms with Crippen LogP contribution in [0.2, 0.25) is 0 Å². The largest absolute Gasteiger partial charge is 0.335 e. The molecular formula is C22H14N4O8S2. The lowest BCUT2D eigenvalue weighted by Gasteiger charge is -2.07. The Hall–Kier alpha value is -4.24. The van der Waals surface area contributed by atoms with Crippen LogP contribution in [0.15, 0.2) is 70.5 Å². The molecule has 182 valence electrons. The molecule has 0 saturated carbocycles. The van der Waals surface area contributed by atoms with E-state index in [9.17, 15) is 35.5 Å². The van der Waals surface area contributed by atoms with Crippen molar-refractivity contribution in [2.75, 3.05) is 0 Å². The van der Waals surface area contributed by atoms with Crippen molar-refractivity contribution in [2.45, 2.75) is 9.79 Å². The Morgan fingerprint density at radius 2 is 1.33 bits per heavy atom. The van der Waals surface area contributed by atoms with Crippen LogP contribution in [0.3, 0.4) is 0 Å². The zero-order valence-corrected chi connectivity index (χ0v) is 19.5. The van der Waals surface area contributed by atoms with Gasteiger partial charge in [0.2, 0.25) is 11.6 Å². The predicted molar refractivity (Wildman–Crippen MR) is 125 cm³/mol. The van der Waals surface area contributed by atoms with Crippen molar-refractivity contribution in [3.8, 4) is 0 Å². The van der Waals surface area contributed by atoms with E-state index in [-0.39, 0.29) is 28.2 Å².